The number of hydrogen-bond donors (Lipinski definition) is 18. The SMILES string of the molecule is CSCC[C@H](NC(=O)[C@H](C)NC(=O)[C@H](Cc1ccc(O)cc1)NC(=O)[C@H](Cc1ccc(O)cc1)NC(=O)[C@H](CC(N)=O)NC(=O)CNC(=O)[C@H](Cc1ccc(O)cc1)NC(=O)[C@H](Cc1ccc(O)cc1)NC(=O)[C@H](CCCN=C(N)N)NC(=O)[C@H](C)N)C(=O)O. The number of carbonyl (C=O) groups is 11. The maximum Gasteiger partial charge on any atom is 0.326 e. The van der Waals surface area contributed by atoms with Crippen LogP contribution in [0.25, 0.3) is 0 Å². The first-order valence-electron chi connectivity index (χ1n) is 28.2. The van der Waals surface area contributed by atoms with Gasteiger partial charge in [0.1, 0.15) is 71.3 Å². The number of amides is 10. The van der Waals surface area contributed by atoms with Crippen molar-refractivity contribution in [1.82, 2.24) is 47.9 Å². The number of nitrogens with one attached hydrogen (secondary N) is 9. The summed E-state index contributed by atoms with van der Waals surface area (Å²) >= 11 is 1.36. The summed E-state index contributed by atoms with van der Waals surface area (Å²) in [7, 11) is 0. The zero-order chi connectivity index (χ0) is 66.6. The number of hydrogen-bond acceptors (Lipinski definition) is 18. The largest absolute Gasteiger partial charge is 0.508 e. The molecule has 0 saturated heterocycles. The summed E-state index contributed by atoms with van der Waals surface area (Å²) in [6, 6.07) is 9.13. The highest BCUT2D eigenvalue weighted by molar-refractivity contribution is 7.98. The standard InChI is InChI=1S/C59H78N14O16S/c1-31(60)50(80)68-41(5-4-23-64-59(62)63)53(83)71-45(27-35-10-18-39(76)19-11-35)55(85)70-43(25-33-6-14-37(74)15-7-33)52(82)65-30-49(79)67-47(29-48(61)78)57(87)73-46(28-36-12-20-40(77)21-13-36)56(86)72-44(26-34-8-16-38(75)17-9-34)54(84)66-32(2)51(81)69-42(58(88)89)22-24-90-3/h6-21,31-32,41-47,74-77H,4-5,22-30,60H2,1-3H3,(H2,61,78)(H,65,82)(H,66,84)(H,67,79)(H,68,80)(H,69,81)(H,70,85)(H,71,83)(H,72,86)(H,73,87)(H,88,89)(H4,62,63,64)/t31-,32-,41-,42-,43-,44-,45-,46-,47-/m0/s1. The van der Waals surface area contributed by atoms with Gasteiger partial charge in [0.05, 0.1) is 19.0 Å². The molecule has 0 fully saturated rings. The fourth-order valence-electron chi connectivity index (χ4n) is 8.59. The molecular weight excluding hydrogens is 1190 g/mol. The first-order chi connectivity index (χ1) is 42.6. The van der Waals surface area contributed by atoms with E-state index in [1.807, 2.05) is 0 Å². The third kappa shape index (κ3) is 25.7. The second kappa shape index (κ2) is 36.2. The topological polar surface area (TPSA) is 514 Å². The third-order valence-electron chi connectivity index (χ3n) is 13.5. The molecular formula is C59H78N14O16S. The van der Waals surface area contributed by atoms with E-state index in [0.29, 0.717) is 28.0 Å². The van der Waals surface area contributed by atoms with Crippen molar-refractivity contribution in [3.05, 3.63) is 119 Å². The van der Waals surface area contributed by atoms with Gasteiger partial charge in [0.25, 0.3) is 0 Å². The molecule has 90 heavy (non-hydrogen) atoms. The van der Waals surface area contributed by atoms with Crippen LogP contribution in [0.4, 0.5) is 0 Å². The van der Waals surface area contributed by atoms with E-state index < -0.39 is 132 Å². The number of carboxylic acids is 1. The third-order valence-corrected chi connectivity index (χ3v) is 14.1. The van der Waals surface area contributed by atoms with Crippen molar-refractivity contribution in [2.45, 2.75) is 120 Å². The molecule has 0 aromatic heterocycles. The minimum Gasteiger partial charge on any atom is -0.508 e. The Labute approximate surface area is 521 Å². The second-order valence-corrected chi connectivity index (χ2v) is 21.9. The summed E-state index contributed by atoms with van der Waals surface area (Å²) in [4.78, 5) is 153. The Hall–Kier alpha value is -10.2. The zero-order valence-electron chi connectivity index (χ0n) is 49.6. The van der Waals surface area contributed by atoms with E-state index in [9.17, 15) is 78.3 Å². The fraction of sp³-hybridized carbons (Fsp3) is 0.390. The highest BCUT2D eigenvalue weighted by atomic mass is 32.2. The summed E-state index contributed by atoms with van der Waals surface area (Å²) in [5.41, 5.74) is 23.8. The van der Waals surface area contributed by atoms with E-state index in [1.54, 1.807) is 6.26 Å². The first kappa shape index (κ1) is 72.3. The van der Waals surface area contributed by atoms with Gasteiger partial charge in [-0.25, -0.2) is 4.79 Å². The predicted octanol–water partition coefficient (Wildman–Crippen LogP) is -3.09. The number of carbonyl (C=O) groups excluding carboxylic acids is 10. The summed E-state index contributed by atoms with van der Waals surface area (Å²) in [6.45, 7) is 1.83. The number of phenols is 4. The van der Waals surface area contributed by atoms with Crippen LogP contribution in [-0.2, 0) is 78.4 Å². The number of aliphatic carboxylic acids is 1. The number of nitrogens with two attached hydrogens (primary N) is 4. The molecule has 10 amide bonds. The lowest BCUT2D eigenvalue weighted by molar-refractivity contribution is -0.142. The van der Waals surface area contributed by atoms with Crippen LogP contribution in [0.3, 0.4) is 0 Å². The molecule has 4 aromatic rings. The lowest BCUT2D eigenvalue weighted by atomic mass is 10.0. The number of aromatic hydroxyl groups is 4. The van der Waals surface area contributed by atoms with Gasteiger partial charge in [-0.3, -0.25) is 52.9 Å². The Morgan fingerprint density at radius 3 is 1.18 bits per heavy atom. The highest BCUT2D eigenvalue weighted by Crippen LogP contribution is 2.17. The number of aliphatic imine (C=N–C) groups is 1. The van der Waals surface area contributed by atoms with Crippen LogP contribution in [0.15, 0.2) is 102 Å². The predicted molar refractivity (Wildman–Crippen MR) is 329 cm³/mol. The van der Waals surface area contributed by atoms with Gasteiger partial charge >= 0.3 is 5.97 Å². The number of phenolic OH excluding ortho intramolecular Hbond substituents is 4. The van der Waals surface area contributed by atoms with Gasteiger partial charge in [-0.05, 0) is 116 Å². The molecule has 0 radical (unpaired) electrons. The smallest absolute Gasteiger partial charge is 0.326 e. The molecule has 0 saturated carbocycles. The molecule has 9 atom stereocenters. The van der Waals surface area contributed by atoms with E-state index in [4.69, 9.17) is 22.9 Å². The average molecular weight is 1270 g/mol. The second-order valence-electron chi connectivity index (χ2n) is 20.9. The van der Waals surface area contributed by atoms with Gasteiger partial charge < -0.3 is 96.3 Å². The van der Waals surface area contributed by atoms with Crippen molar-refractivity contribution >= 4 is 82.8 Å². The number of nitrogens with zero attached hydrogens (tertiary/aromatic N) is 1. The van der Waals surface area contributed by atoms with Gasteiger partial charge in [0, 0.05) is 32.2 Å². The van der Waals surface area contributed by atoms with E-state index in [1.165, 1.54) is 123 Å². The Kier molecular flexibility index (Phi) is 29.1. The van der Waals surface area contributed by atoms with Gasteiger partial charge in [0.15, 0.2) is 5.96 Å². The monoisotopic (exact) mass is 1270 g/mol. The van der Waals surface area contributed by atoms with Gasteiger partial charge in [-0.1, -0.05) is 48.5 Å². The van der Waals surface area contributed by atoms with Crippen LogP contribution in [0.5, 0.6) is 23.0 Å². The number of benzene rings is 4. The summed E-state index contributed by atoms with van der Waals surface area (Å²) in [5, 5.41) is 72.0. The molecule has 0 aliphatic rings. The van der Waals surface area contributed by atoms with Gasteiger partial charge in [-0.15, -0.1) is 0 Å². The highest BCUT2D eigenvalue weighted by Gasteiger charge is 2.35. The quantitative estimate of drug-likeness (QED) is 0.0122. The molecule has 486 valence electrons. The van der Waals surface area contributed by atoms with Crippen LogP contribution in [0.1, 0.15) is 61.8 Å². The lowest BCUT2D eigenvalue weighted by Crippen LogP contribution is -2.60. The van der Waals surface area contributed by atoms with Crippen molar-refractivity contribution in [3.63, 3.8) is 0 Å². The van der Waals surface area contributed by atoms with Crippen molar-refractivity contribution < 1.29 is 78.3 Å². The van der Waals surface area contributed by atoms with Gasteiger partial charge in [0.2, 0.25) is 59.1 Å². The van der Waals surface area contributed by atoms with Crippen LogP contribution in [0, 0.1) is 0 Å². The maximum absolute atomic E-state index is 14.5. The number of carboxylic acid groups (broad SMARTS) is 1. The molecule has 22 N–H and O–H groups in total. The van der Waals surface area contributed by atoms with Crippen LogP contribution in [-0.4, -0.2) is 176 Å². The lowest BCUT2D eigenvalue weighted by Gasteiger charge is -2.27. The fourth-order valence-corrected chi connectivity index (χ4v) is 9.06. The zero-order valence-corrected chi connectivity index (χ0v) is 50.4. The van der Waals surface area contributed by atoms with Crippen LogP contribution in [0.2, 0.25) is 0 Å². The van der Waals surface area contributed by atoms with Gasteiger partial charge in [-0.2, -0.15) is 11.8 Å². The minimum atomic E-state index is -1.84. The van der Waals surface area contributed by atoms with E-state index in [0.717, 1.165) is 0 Å². The molecule has 0 aliphatic carbocycles. The summed E-state index contributed by atoms with van der Waals surface area (Å²) < 4.78 is 0. The molecule has 31 heteroatoms. The molecule has 0 bridgehead atoms. The molecule has 0 heterocycles. The molecule has 0 spiro atoms. The van der Waals surface area contributed by atoms with Crippen LogP contribution >= 0.6 is 11.8 Å². The van der Waals surface area contributed by atoms with Crippen LogP contribution < -0.4 is 70.8 Å². The average Bonchev–Trinajstić information content (AvgIpc) is 1.75. The number of rotatable bonds is 36. The number of primary amides is 1. The molecule has 4 aromatic carbocycles. The molecule has 0 aliphatic heterocycles. The number of thioether (sulfide) groups is 1. The summed E-state index contributed by atoms with van der Waals surface area (Å²) in [6.07, 6.45) is 0.000412. The van der Waals surface area contributed by atoms with Crippen molar-refractivity contribution in [1.29, 1.82) is 0 Å². The maximum atomic E-state index is 14.5. The minimum absolute atomic E-state index is 0.0212. The molecule has 0 unspecified atom stereocenters. The van der Waals surface area contributed by atoms with E-state index in [-0.39, 0.29) is 80.4 Å². The normalized spacial score (nSPS) is 13.9. The Morgan fingerprint density at radius 2 is 0.811 bits per heavy atom. The Morgan fingerprint density at radius 1 is 0.456 bits per heavy atom. The van der Waals surface area contributed by atoms with E-state index >= 15 is 0 Å². The van der Waals surface area contributed by atoms with E-state index in [2.05, 4.69) is 52.8 Å². The Bertz CT molecular complexity index is 3150. The Balaban J connectivity index is 1.60. The first-order valence-corrected chi connectivity index (χ1v) is 29.6. The summed E-state index contributed by atoms with van der Waals surface area (Å²) in [5.74, 6) is -11.3. The van der Waals surface area contributed by atoms with Crippen molar-refractivity contribution in [3.8, 4) is 23.0 Å². The number of guanidine groups is 1. The van der Waals surface area contributed by atoms with Crippen molar-refractivity contribution in [2.24, 2.45) is 27.9 Å². The molecule has 4 rings (SSSR count). The van der Waals surface area contributed by atoms with Crippen molar-refractivity contribution in [2.75, 3.05) is 25.1 Å². The molecule has 30 nitrogen and oxygen atoms in total.